The van der Waals surface area contributed by atoms with Crippen LogP contribution < -0.4 is 4.74 Å². The molecule has 4 heteroatoms. The van der Waals surface area contributed by atoms with Crippen LogP contribution in [0.2, 0.25) is 0 Å². The number of para-hydroxylation sites is 1. The van der Waals surface area contributed by atoms with Crippen LogP contribution in [0.25, 0.3) is 0 Å². The van der Waals surface area contributed by atoms with Crippen LogP contribution >= 0.6 is 0 Å². The van der Waals surface area contributed by atoms with E-state index in [1.54, 1.807) is 12.1 Å². The number of ether oxygens (including phenoxy) is 1. The fourth-order valence-corrected chi connectivity index (χ4v) is 0.756. The Bertz CT molecular complexity index is 343. The molecule has 0 aliphatic rings. The van der Waals surface area contributed by atoms with E-state index in [-0.39, 0.29) is 11.3 Å². The van der Waals surface area contributed by atoms with Gasteiger partial charge >= 0.3 is 0 Å². The van der Waals surface area contributed by atoms with Gasteiger partial charge in [0.15, 0.2) is 0 Å². The van der Waals surface area contributed by atoms with Gasteiger partial charge in [-0.2, -0.15) is 5.26 Å². The van der Waals surface area contributed by atoms with E-state index in [1.165, 1.54) is 12.1 Å². The fraction of sp³-hybridized carbons (Fsp3) is 0. The summed E-state index contributed by atoms with van der Waals surface area (Å²) in [6.45, 7) is 0. The standard InChI is InChI=1S/C8H4BNO2/c9-8(11)12-7-4-2-1-3-6(7)5-10/h1-4H. The molecule has 1 aromatic rings. The van der Waals surface area contributed by atoms with Crippen molar-refractivity contribution in [3.05, 3.63) is 29.8 Å². The summed E-state index contributed by atoms with van der Waals surface area (Å²) in [4.78, 5) is 10.3. The van der Waals surface area contributed by atoms with Crippen LogP contribution in [0.3, 0.4) is 0 Å². The van der Waals surface area contributed by atoms with Crippen LogP contribution in [0.15, 0.2) is 24.3 Å². The smallest absolute Gasteiger partial charge is 0.241 e. The normalized spacial score (nSPS) is 8.58. The summed E-state index contributed by atoms with van der Waals surface area (Å²) in [5, 5.41) is 8.55. The molecule has 0 bridgehead atoms. The topological polar surface area (TPSA) is 50.1 Å². The summed E-state index contributed by atoms with van der Waals surface area (Å²) in [5.74, 6) is -0.731. The summed E-state index contributed by atoms with van der Waals surface area (Å²) in [6.07, 6.45) is 0. The molecule has 0 atom stereocenters. The first kappa shape index (κ1) is 8.34. The monoisotopic (exact) mass is 157 g/mol. The van der Waals surface area contributed by atoms with E-state index >= 15 is 0 Å². The van der Waals surface area contributed by atoms with Gasteiger partial charge in [0.25, 0.3) is 0 Å². The molecular formula is C8H4BNO2. The highest BCUT2D eigenvalue weighted by Crippen LogP contribution is 2.16. The van der Waals surface area contributed by atoms with Gasteiger partial charge in [-0.15, -0.1) is 0 Å². The first-order chi connectivity index (χ1) is 5.74. The fourth-order valence-electron chi connectivity index (χ4n) is 0.756. The molecular weight excluding hydrogens is 153 g/mol. The summed E-state index contributed by atoms with van der Waals surface area (Å²) in [6, 6.07) is 8.24. The molecule has 0 N–H and O–H groups in total. The van der Waals surface area contributed by atoms with Gasteiger partial charge in [0.2, 0.25) is 13.7 Å². The maximum absolute atomic E-state index is 10.3. The Labute approximate surface area is 71.0 Å². The Kier molecular flexibility index (Phi) is 2.49. The van der Waals surface area contributed by atoms with Crippen LogP contribution in [0.4, 0.5) is 4.79 Å². The maximum atomic E-state index is 10.3. The van der Waals surface area contributed by atoms with Crippen molar-refractivity contribution in [2.75, 3.05) is 0 Å². The molecule has 0 unspecified atom stereocenters. The second-order valence-corrected chi connectivity index (χ2v) is 2.03. The average molecular weight is 157 g/mol. The van der Waals surface area contributed by atoms with Crippen molar-refractivity contribution in [3.8, 4) is 11.8 Å². The molecule has 3 nitrogen and oxygen atoms in total. The van der Waals surface area contributed by atoms with Gasteiger partial charge in [-0.25, -0.2) is 0 Å². The van der Waals surface area contributed by atoms with Crippen LogP contribution in [0.5, 0.6) is 5.75 Å². The van der Waals surface area contributed by atoms with E-state index in [0.29, 0.717) is 0 Å². The highest BCUT2D eigenvalue weighted by atomic mass is 16.5. The minimum Gasteiger partial charge on any atom is -0.434 e. The summed E-state index contributed by atoms with van der Waals surface area (Å²) in [7, 11) is 4.78. The zero-order chi connectivity index (χ0) is 8.97. The Morgan fingerprint density at radius 3 is 2.75 bits per heavy atom. The zero-order valence-corrected chi connectivity index (χ0v) is 6.15. The van der Waals surface area contributed by atoms with Gasteiger partial charge in [-0.3, -0.25) is 4.79 Å². The molecule has 0 aliphatic carbocycles. The number of rotatable bonds is 1. The van der Waals surface area contributed by atoms with Crippen molar-refractivity contribution in [1.29, 1.82) is 5.26 Å². The number of nitrogens with zero attached hydrogens (tertiary/aromatic N) is 1. The molecule has 0 saturated heterocycles. The zero-order valence-electron chi connectivity index (χ0n) is 6.15. The molecule has 0 heterocycles. The number of hydrogen-bond acceptors (Lipinski definition) is 3. The summed E-state index contributed by atoms with van der Waals surface area (Å²) >= 11 is 0. The molecule has 1 rings (SSSR count). The molecule has 0 saturated carbocycles. The van der Waals surface area contributed by atoms with Crippen LogP contribution in [0, 0.1) is 11.3 Å². The molecule has 1 aromatic carbocycles. The van der Waals surface area contributed by atoms with Gasteiger partial charge in [-0.05, 0) is 12.1 Å². The van der Waals surface area contributed by atoms with Crippen molar-refractivity contribution in [2.24, 2.45) is 0 Å². The van der Waals surface area contributed by atoms with Crippen molar-refractivity contribution in [1.82, 2.24) is 0 Å². The summed E-state index contributed by atoms with van der Waals surface area (Å²) in [5.41, 5.74) is 0.288. The molecule has 12 heavy (non-hydrogen) atoms. The minimum absolute atomic E-state index is 0.188. The molecule has 0 aliphatic heterocycles. The highest BCUT2D eigenvalue weighted by molar-refractivity contribution is 6.55. The van der Waals surface area contributed by atoms with Crippen LogP contribution in [-0.4, -0.2) is 13.7 Å². The van der Waals surface area contributed by atoms with Gasteiger partial charge in [0, 0.05) is 0 Å². The SMILES string of the molecule is [B]C(=O)Oc1ccccc1C#N. The lowest BCUT2D eigenvalue weighted by Gasteiger charge is -2.01. The Morgan fingerprint density at radius 2 is 2.17 bits per heavy atom. The second kappa shape index (κ2) is 3.58. The quantitative estimate of drug-likeness (QED) is 0.575. The molecule has 0 spiro atoms. The Morgan fingerprint density at radius 1 is 1.50 bits per heavy atom. The lowest BCUT2D eigenvalue weighted by molar-refractivity contribution is 0.225. The molecule has 56 valence electrons. The van der Waals surface area contributed by atoms with E-state index in [1.807, 2.05) is 6.07 Å². The van der Waals surface area contributed by atoms with E-state index in [9.17, 15) is 4.79 Å². The van der Waals surface area contributed by atoms with Crippen LogP contribution in [0.1, 0.15) is 5.56 Å². The number of benzene rings is 1. The Balaban J connectivity index is 2.99. The average Bonchev–Trinajstić information content (AvgIpc) is 2.04. The van der Waals surface area contributed by atoms with Gasteiger partial charge in [0.1, 0.15) is 11.8 Å². The van der Waals surface area contributed by atoms with E-state index < -0.39 is 5.87 Å². The maximum Gasteiger partial charge on any atom is 0.241 e. The van der Waals surface area contributed by atoms with Crippen molar-refractivity contribution in [3.63, 3.8) is 0 Å². The van der Waals surface area contributed by atoms with E-state index in [0.717, 1.165) is 0 Å². The van der Waals surface area contributed by atoms with Crippen molar-refractivity contribution >= 4 is 13.7 Å². The minimum atomic E-state index is -0.919. The Hall–Kier alpha value is -1.76. The van der Waals surface area contributed by atoms with Crippen LogP contribution in [-0.2, 0) is 0 Å². The first-order valence-electron chi connectivity index (χ1n) is 3.20. The third-order valence-electron chi connectivity index (χ3n) is 1.22. The highest BCUT2D eigenvalue weighted by Gasteiger charge is 2.02. The number of hydrogen-bond donors (Lipinski definition) is 0. The first-order valence-corrected chi connectivity index (χ1v) is 3.20. The lowest BCUT2D eigenvalue weighted by Crippen LogP contribution is -2.05. The number of nitriles is 1. The predicted molar refractivity (Wildman–Crippen MR) is 42.9 cm³/mol. The van der Waals surface area contributed by atoms with Gasteiger partial charge < -0.3 is 4.74 Å². The number of carbonyl (C=O) groups is 1. The van der Waals surface area contributed by atoms with Gasteiger partial charge in [-0.1, -0.05) is 12.1 Å². The van der Waals surface area contributed by atoms with Crippen molar-refractivity contribution in [2.45, 2.75) is 0 Å². The molecule has 0 amide bonds. The van der Waals surface area contributed by atoms with E-state index in [4.69, 9.17) is 13.1 Å². The number of carbonyl (C=O) groups excluding carboxylic acids is 1. The van der Waals surface area contributed by atoms with Crippen molar-refractivity contribution < 1.29 is 9.53 Å². The molecule has 0 aromatic heterocycles. The summed E-state index contributed by atoms with van der Waals surface area (Å²) < 4.78 is 4.55. The molecule has 2 radical (unpaired) electrons. The lowest BCUT2D eigenvalue weighted by atomic mass is 10.1. The largest absolute Gasteiger partial charge is 0.434 e. The van der Waals surface area contributed by atoms with E-state index in [2.05, 4.69) is 4.74 Å². The predicted octanol–water partition coefficient (Wildman–Crippen LogP) is 1.23. The third-order valence-corrected chi connectivity index (χ3v) is 1.22. The molecule has 0 fully saturated rings. The third kappa shape index (κ3) is 1.86. The second-order valence-electron chi connectivity index (χ2n) is 2.03. The van der Waals surface area contributed by atoms with Gasteiger partial charge in [0.05, 0.1) is 5.56 Å².